The monoisotopic (exact) mass is 351 g/mol. The molecule has 1 saturated heterocycles. The summed E-state index contributed by atoms with van der Waals surface area (Å²) in [6.45, 7) is 0.751. The highest BCUT2D eigenvalue weighted by atomic mass is 32.2. The maximum absolute atomic E-state index is 12.4. The number of anilines is 2. The Balaban J connectivity index is 1.63. The summed E-state index contributed by atoms with van der Waals surface area (Å²) in [4.78, 5) is 25.7. The van der Waals surface area contributed by atoms with Crippen molar-refractivity contribution in [3.05, 3.63) is 23.8 Å². The van der Waals surface area contributed by atoms with Crippen molar-refractivity contribution in [1.82, 2.24) is 4.31 Å². The predicted molar refractivity (Wildman–Crippen MR) is 91.3 cm³/mol. The van der Waals surface area contributed by atoms with Gasteiger partial charge >= 0.3 is 0 Å². The number of sulfonamides is 1. The number of nitrogens with zero attached hydrogens (tertiary/aromatic N) is 2. The lowest BCUT2D eigenvalue weighted by atomic mass is 9.97. The number of fused-ring (bicyclic) bond motifs is 1. The molecule has 3 rings (SSSR count). The van der Waals surface area contributed by atoms with E-state index in [4.69, 9.17) is 0 Å². The Bertz CT molecular complexity index is 783. The van der Waals surface area contributed by atoms with Crippen LogP contribution in [0.15, 0.2) is 18.2 Å². The summed E-state index contributed by atoms with van der Waals surface area (Å²) in [5.74, 6) is -0.247. The molecule has 1 N–H and O–H groups in total. The molecule has 24 heavy (non-hydrogen) atoms. The molecule has 2 aliphatic heterocycles. The average molecular weight is 351 g/mol. The van der Waals surface area contributed by atoms with Crippen LogP contribution in [0.1, 0.15) is 18.4 Å². The number of likely N-dealkylation sites (N-methyl/N-ethyl adjacent to an activating group) is 1. The molecule has 0 bridgehead atoms. The molecule has 1 aromatic rings. The van der Waals surface area contributed by atoms with Gasteiger partial charge in [0.15, 0.2) is 0 Å². The van der Waals surface area contributed by atoms with Crippen LogP contribution in [0.4, 0.5) is 11.4 Å². The van der Waals surface area contributed by atoms with Gasteiger partial charge < -0.3 is 10.2 Å². The highest BCUT2D eigenvalue weighted by Crippen LogP contribution is 2.30. The molecule has 0 unspecified atom stereocenters. The zero-order valence-corrected chi connectivity index (χ0v) is 14.6. The minimum atomic E-state index is -3.19. The third kappa shape index (κ3) is 3.29. The number of amides is 2. The third-order valence-corrected chi connectivity index (χ3v) is 6.02. The molecule has 0 saturated carbocycles. The van der Waals surface area contributed by atoms with Crippen LogP contribution < -0.4 is 10.2 Å². The molecule has 0 radical (unpaired) electrons. The predicted octanol–water partition coefficient (Wildman–Crippen LogP) is 0.816. The van der Waals surface area contributed by atoms with Crippen LogP contribution in [-0.2, 0) is 26.0 Å². The van der Waals surface area contributed by atoms with Crippen LogP contribution >= 0.6 is 0 Å². The van der Waals surface area contributed by atoms with E-state index >= 15 is 0 Å². The van der Waals surface area contributed by atoms with Crippen LogP contribution in [0.5, 0.6) is 0 Å². The van der Waals surface area contributed by atoms with Crippen molar-refractivity contribution in [1.29, 1.82) is 0 Å². The summed E-state index contributed by atoms with van der Waals surface area (Å²) < 4.78 is 24.4. The Morgan fingerprint density at radius 2 is 1.92 bits per heavy atom. The maximum Gasteiger partial charge on any atom is 0.231 e. The fourth-order valence-corrected chi connectivity index (χ4v) is 4.12. The number of piperidine rings is 1. The van der Waals surface area contributed by atoms with Gasteiger partial charge in [0.2, 0.25) is 21.8 Å². The van der Waals surface area contributed by atoms with Gasteiger partial charge in [0.1, 0.15) is 0 Å². The standard InChI is InChI=1S/C16H21N3O4S/c1-18-14-4-3-13(9-12(14)10-15(18)20)17-16(21)11-5-7-19(8-6-11)24(2,22)23/h3-4,9,11H,5-8,10H2,1-2H3,(H,17,21). The summed E-state index contributed by atoms with van der Waals surface area (Å²) in [6.07, 6.45) is 2.58. The first-order chi connectivity index (χ1) is 11.3. The molecule has 2 amide bonds. The summed E-state index contributed by atoms with van der Waals surface area (Å²) >= 11 is 0. The number of hydrogen-bond acceptors (Lipinski definition) is 4. The van der Waals surface area contributed by atoms with E-state index < -0.39 is 10.0 Å². The third-order valence-electron chi connectivity index (χ3n) is 4.72. The van der Waals surface area contributed by atoms with Gasteiger partial charge in [-0.05, 0) is 36.6 Å². The Morgan fingerprint density at radius 1 is 1.25 bits per heavy atom. The van der Waals surface area contributed by atoms with E-state index in [-0.39, 0.29) is 17.7 Å². The number of carbonyl (C=O) groups is 2. The molecule has 1 fully saturated rings. The number of carbonyl (C=O) groups excluding carboxylic acids is 2. The molecule has 0 aromatic heterocycles. The van der Waals surface area contributed by atoms with Crippen molar-refractivity contribution in [2.75, 3.05) is 36.6 Å². The Kier molecular flexibility index (Phi) is 4.35. The van der Waals surface area contributed by atoms with Gasteiger partial charge in [0, 0.05) is 37.4 Å². The highest BCUT2D eigenvalue weighted by molar-refractivity contribution is 7.88. The molecule has 0 atom stereocenters. The first-order valence-electron chi connectivity index (χ1n) is 7.91. The first kappa shape index (κ1) is 16.9. The van der Waals surface area contributed by atoms with E-state index in [9.17, 15) is 18.0 Å². The van der Waals surface area contributed by atoms with Crippen molar-refractivity contribution < 1.29 is 18.0 Å². The van der Waals surface area contributed by atoms with Gasteiger partial charge in [-0.25, -0.2) is 12.7 Å². The zero-order chi connectivity index (χ0) is 17.5. The summed E-state index contributed by atoms with van der Waals surface area (Å²) in [5, 5.41) is 2.89. The Hall–Kier alpha value is -1.93. The molecule has 0 spiro atoms. The van der Waals surface area contributed by atoms with Gasteiger partial charge in [-0.15, -0.1) is 0 Å². The lowest BCUT2D eigenvalue weighted by Gasteiger charge is -2.29. The Morgan fingerprint density at radius 3 is 2.54 bits per heavy atom. The van der Waals surface area contributed by atoms with Gasteiger partial charge in [0.25, 0.3) is 0 Å². The zero-order valence-electron chi connectivity index (χ0n) is 13.8. The largest absolute Gasteiger partial charge is 0.326 e. The highest BCUT2D eigenvalue weighted by Gasteiger charge is 2.29. The Labute approximate surface area is 141 Å². The molecule has 7 nitrogen and oxygen atoms in total. The van der Waals surface area contributed by atoms with E-state index in [2.05, 4.69) is 5.32 Å². The van der Waals surface area contributed by atoms with Crippen molar-refractivity contribution in [3.63, 3.8) is 0 Å². The minimum Gasteiger partial charge on any atom is -0.326 e. The smallest absolute Gasteiger partial charge is 0.231 e. The van der Waals surface area contributed by atoms with Crippen molar-refractivity contribution >= 4 is 33.2 Å². The number of rotatable bonds is 3. The normalized spacial score (nSPS) is 19.4. The van der Waals surface area contributed by atoms with Crippen LogP contribution in [0.2, 0.25) is 0 Å². The molecular formula is C16H21N3O4S. The van der Waals surface area contributed by atoms with Crippen molar-refractivity contribution in [2.45, 2.75) is 19.3 Å². The molecule has 2 aliphatic rings. The lowest BCUT2D eigenvalue weighted by molar-refractivity contribution is -0.121. The van der Waals surface area contributed by atoms with E-state index in [1.807, 2.05) is 12.1 Å². The van der Waals surface area contributed by atoms with Gasteiger partial charge in [-0.1, -0.05) is 0 Å². The fraction of sp³-hybridized carbons (Fsp3) is 0.500. The van der Waals surface area contributed by atoms with Gasteiger partial charge in [0.05, 0.1) is 12.7 Å². The van der Waals surface area contributed by atoms with Gasteiger partial charge in [-0.2, -0.15) is 0 Å². The van der Waals surface area contributed by atoms with E-state index in [0.717, 1.165) is 11.3 Å². The summed E-state index contributed by atoms with van der Waals surface area (Å²) in [7, 11) is -1.45. The first-order valence-corrected chi connectivity index (χ1v) is 9.76. The van der Waals surface area contributed by atoms with Crippen LogP contribution in [0.25, 0.3) is 0 Å². The SMILES string of the molecule is CN1C(=O)Cc2cc(NC(=O)C3CCN(S(C)(=O)=O)CC3)ccc21. The van der Waals surface area contributed by atoms with Crippen molar-refractivity contribution in [3.8, 4) is 0 Å². The minimum absolute atomic E-state index is 0.0432. The molecule has 130 valence electrons. The second kappa shape index (κ2) is 6.18. The quantitative estimate of drug-likeness (QED) is 0.873. The second-order valence-corrected chi connectivity index (χ2v) is 8.38. The van der Waals surface area contributed by atoms with Crippen LogP contribution in [-0.4, -0.2) is 50.9 Å². The second-order valence-electron chi connectivity index (χ2n) is 6.40. The van der Waals surface area contributed by atoms with E-state index in [1.165, 1.54) is 10.6 Å². The topological polar surface area (TPSA) is 86.8 Å². The molecular weight excluding hydrogens is 330 g/mol. The average Bonchev–Trinajstić information content (AvgIpc) is 2.81. The molecule has 2 heterocycles. The van der Waals surface area contributed by atoms with Crippen LogP contribution in [0.3, 0.4) is 0 Å². The van der Waals surface area contributed by atoms with Crippen LogP contribution in [0, 0.1) is 5.92 Å². The lowest BCUT2D eigenvalue weighted by Crippen LogP contribution is -2.40. The molecule has 8 heteroatoms. The number of benzene rings is 1. The fourth-order valence-electron chi connectivity index (χ4n) is 3.24. The molecule has 0 aliphatic carbocycles. The number of hydrogen-bond donors (Lipinski definition) is 1. The molecule has 1 aromatic carbocycles. The van der Waals surface area contributed by atoms with E-state index in [0.29, 0.717) is 38.0 Å². The summed E-state index contributed by atoms with van der Waals surface area (Å²) in [5.41, 5.74) is 2.46. The summed E-state index contributed by atoms with van der Waals surface area (Å²) in [6, 6.07) is 5.46. The van der Waals surface area contributed by atoms with Gasteiger partial charge in [-0.3, -0.25) is 9.59 Å². The van der Waals surface area contributed by atoms with E-state index in [1.54, 1.807) is 18.0 Å². The number of nitrogens with one attached hydrogen (secondary N) is 1. The maximum atomic E-state index is 12.4. The van der Waals surface area contributed by atoms with Crippen molar-refractivity contribution in [2.24, 2.45) is 5.92 Å².